The maximum Gasteiger partial charge on any atom is 0.407 e. The van der Waals surface area contributed by atoms with Gasteiger partial charge in [-0.2, -0.15) is 0 Å². The summed E-state index contributed by atoms with van der Waals surface area (Å²) in [6.45, 7) is 2.91. The average Bonchev–Trinajstić information content (AvgIpc) is 2.74. The van der Waals surface area contributed by atoms with Gasteiger partial charge in [0.05, 0.1) is 24.4 Å². The second kappa shape index (κ2) is 9.95. The number of likely N-dealkylation sites (tertiary alicyclic amines) is 1. The molecule has 0 saturated carbocycles. The lowest BCUT2D eigenvalue weighted by Crippen LogP contribution is -2.41. The van der Waals surface area contributed by atoms with E-state index in [0.29, 0.717) is 53.7 Å². The van der Waals surface area contributed by atoms with Crippen molar-refractivity contribution < 1.29 is 19.1 Å². The number of piperidine rings is 1. The van der Waals surface area contributed by atoms with Gasteiger partial charge in [-0.25, -0.2) is 14.8 Å². The molecule has 0 radical (unpaired) electrons. The molecule has 160 valence electrons. The highest BCUT2D eigenvalue weighted by Crippen LogP contribution is 2.32. The molecule has 2 amide bonds. The summed E-state index contributed by atoms with van der Waals surface area (Å²) < 4.78 is 10.8. The molecule has 3 heterocycles. The Balaban J connectivity index is 1.59. The van der Waals surface area contributed by atoms with E-state index in [-0.39, 0.29) is 23.7 Å². The Morgan fingerprint density at radius 2 is 1.97 bits per heavy atom. The molecule has 2 aromatic rings. The van der Waals surface area contributed by atoms with Gasteiger partial charge in [-0.15, -0.1) is 0 Å². The van der Waals surface area contributed by atoms with Gasteiger partial charge in [-0.3, -0.25) is 4.79 Å². The number of methoxy groups -OCH3 is 1. The highest BCUT2D eigenvalue weighted by molar-refractivity contribution is 6.42. The fraction of sp³-hybridized carbons (Fsp3) is 0.400. The second-order valence-corrected chi connectivity index (χ2v) is 7.53. The summed E-state index contributed by atoms with van der Waals surface area (Å²) in [5, 5.41) is 3.21. The van der Waals surface area contributed by atoms with E-state index in [1.54, 1.807) is 29.3 Å². The lowest BCUT2D eigenvalue weighted by Gasteiger charge is -2.30. The first kappa shape index (κ1) is 22.1. The number of pyridine rings is 2. The van der Waals surface area contributed by atoms with Crippen LogP contribution in [0.25, 0.3) is 11.3 Å². The van der Waals surface area contributed by atoms with Gasteiger partial charge < -0.3 is 19.7 Å². The van der Waals surface area contributed by atoms with Crippen LogP contribution in [0, 0.1) is 0 Å². The summed E-state index contributed by atoms with van der Waals surface area (Å²) in [5.41, 5.74) is 1.89. The molecule has 8 nitrogen and oxygen atoms in total. The van der Waals surface area contributed by atoms with E-state index in [2.05, 4.69) is 15.3 Å². The SMILES string of the molecule is COc1nc(-c2ccnc(Cl)c2Cl)ccc1CNC(=O)OC1CCN(C(C)=O)CC1. The largest absolute Gasteiger partial charge is 0.481 e. The lowest BCUT2D eigenvalue weighted by atomic mass is 10.1. The van der Waals surface area contributed by atoms with Crippen molar-refractivity contribution in [1.29, 1.82) is 0 Å². The summed E-state index contributed by atoms with van der Waals surface area (Å²) in [7, 11) is 1.50. The summed E-state index contributed by atoms with van der Waals surface area (Å²) >= 11 is 12.2. The van der Waals surface area contributed by atoms with E-state index >= 15 is 0 Å². The van der Waals surface area contributed by atoms with Gasteiger partial charge in [-0.05, 0) is 18.2 Å². The first-order valence-corrected chi connectivity index (χ1v) is 10.2. The summed E-state index contributed by atoms with van der Waals surface area (Å²) in [4.78, 5) is 33.7. The summed E-state index contributed by atoms with van der Waals surface area (Å²) in [6, 6.07) is 5.26. The van der Waals surface area contributed by atoms with Crippen LogP contribution in [0.5, 0.6) is 5.88 Å². The van der Waals surface area contributed by atoms with Crippen LogP contribution in [0.2, 0.25) is 10.2 Å². The second-order valence-electron chi connectivity index (χ2n) is 6.79. The number of amides is 2. The van der Waals surface area contributed by atoms with Gasteiger partial charge in [0, 0.05) is 50.2 Å². The van der Waals surface area contributed by atoms with Crippen LogP contribution in [-0.4, -0.2) is 53.2 Å². The topological polar surface area (TPSA) is 93.7 Å². The zero-order chi connectivity index (χ0) is 21.7. The van der Waals surface area contributed by atoms with Crippen molar-refractivity contribution in [3.63, 3.8) is 0 Å². The van der Waals surface area contributed by atoms with E-state index in [0.717, 1.165) is 0 Å². The Labute approximate surface area is 184 Å². The first-order chi connectivity index (χ1) is 14.4. The van der Waals surface area contributed by atoms with Crippen molar-refractivity contribution in [3.05, 3.63) is 40.1 Å². The monoisotopic (exact) mass is 452 g/mol. The molecule has 0 aromatic carbocycles. The number of hydrogen-bond donors (Lipinski definition) is 1. The molecule has 0 atom stereocenters. The van der Waals surface area contributed by atoms with Crippen molar-refractivity contribution in [3.8, 4) is 17.1 Å². The third-order valence-corrected chi connectivity index (χ3v) is 5.61. The van der Waals surface area contributed by atoms with Crippen LogP contribution in [-0.2, 0) is 16.1 Å². The predicted molar refractivity (Wildman–Crippen MR) is 113 cm³/mol. The van der Waals surface area contributed by atoms with Crippen LogP contribution >= 0.6 is 23.2 Å². The Morgan fingerprint density at radius 3 is 2.63 bits per heavy atom. The minimum atomic E-state index is -0.522. The molecule has 1 fully saturated rings. The number of ether oxygens (including phenoxy) is 2. The molecule has 0 spiro atoms. The fourth-order valence-electron chi connectivity index (χ4n) is 3.20. The molecule has 10 heteroatoms. The Hall–Kier alpha value is -2.58. The molecule has 2 aromatic heterocycles. The molecule has 1 N–H and O–H groups in total. The van der Waals surface area contributed by atoms with Gasteiger partial charge in [-0.1, -0.05) is 23.2 Å². The Kier molecular flexibility index (Phi) is 7.33. The quantitative estimate of drug-likeness (QED) is 0.695. The number of alkyl carbamates (subject to hydrolysis) is 1. The number of nitrogens with one attached hydrogen (secondary N) is 1. The maximum atomic E-state index is 12.2. The number of hydrogen-bond acceptors (Lipinski definition) is 6. The number of halogens is 2. The van der Waals surface area contributed by atoms with Crippen LogP contribution in [0.4, 0.5) is 4.79 Å². The molecule has 3 rings (SSSR count). The average molecular weight is 453 g/mol. The molecule has 0 unspecified atom stereocenters. The van der Waals surface area contributed by atoms with Gasteiger partial charge >= 0.3 is 6.09 Å². The highest BCUT2D eigenvalue weighted by atomic mass is 35.5. The van der Waals surface area contributed by atoms with E-state index in [1.165, 1.54) is 14.0 Å². The number of carbonyl (C=O) groups excluding carboxylic acids is 2. The zero-order valence-electron chi connectivity index (χ0n) is 16.7. The molecular weight excluding hydrogens is 431 g/mol. The third-order valence-electron chi connectivity index (χ3n) is 4.84. The minimum absolute atomic E-state index is 0.0382. The van der Waals surface area contributed by atoms with Gasteiger partial charge in [0.25, 0.3) is 0 Å². The van der Waals surface area contributed by atoms with Crippen molar-refractivity contribution in [2.75, 3.05) is 20.2 Å². The molecule has 1 aliphatic rings. The van der Waals surface area contributed by atoms with Crippen molar-refractivity contribution >= 4 is 35.2 Å². The number of aromatic nitrogens is 2. The predicted octanol–water partition coefficient (Wildman–Crippen LogP) is 3.70. The maximum absolute atomic E-state index is 12.2. The summed E-state index contributed by atoms with van der Waals surface area (Å²) in [6.07, 6.45) is 2.07. The van der Waals surface area contributed by atoms with Gasteiger partial charge in [0.15, 0.2) is 0 Å². The standard InChI is InChI=1S/C20H22Cl2N4O4/c1-12(27)26-9-6-14(7-10-26)30-20(28)24-11-13-3-4-16(25-19(13)29-2)15-5-8-23-18(22)17(15)21/h3-5,8,14H,6-7,9-11H2,1-2H3,(H,24,28). The molecule has 0 aliphatic carbocycles. The van der Waals surface area contributed by atoms with Crippen molar-refractivity contribution in [1.82, 2.24) is 20.2 Å². The van der Waals surface area contributed by atoms with Gasteiger partial charge in [0.1, 0.15) is 11.3 Å². The van der Waals surface area contributed by atoms with E-state index in [4.69, 9.17) is 32.7 Å². The third kappa shape index (κ3) is 5.31. The molecule has 0 bridgehead atoms. The number of nitrogens with zero attached hydrogens (tertiary/aromatic N) is 3. The molecular formula is C20H22Cl2N4O4. The van der Waals surface area contributed by atoms with Crippen LogP contribution < -0.4 is 10.1 Å². The summed E-state index contributed by atoms with van der Waals surface area (Å²) in [5.74, 6) is 0.392. The molecule has 1 aliphatic heterocycles. The van der Waals surface area contributed by atoms with Crippen LogP contribution in [0.1, 0.15) is 25.3 Å². The van der Waals surface area contributed by atoms with Crippen LogP contribution in [0.15, 0.2) is 24.4 Å². The normalized spacial score (nSPS) is 14.3. The van der Waals surface area contributed by atoms with E-state index in [9.17, 15) is 9.59 Å². The minimum Gasteiger partial charge on any atom is -0.481 e. The zero-order valence-corrected chi connectivity index (χ0v) is 18.2. The molecule has 1 saturated heterocycles. The van der Waals surface area contributed by atoms with E-state index in [1.807, 2.05) is 0 Å². The number of rotatable bonds is 5. The highest BCUT2D eigenvalue weighted by Gasteiger charge is 2.23. The molecule has 30 heavy (non-hydrogen) atoms. The van der Waals surface area contributed by atoms with Crippen molar-refractivity contribution in [2.45, 2.75) is 32.4 Å². The lowest BCUT2D eigenvalue weighted by molar-refractivity contribution is -0.130. The first-order valence-electron chi connectivity index (χ1n) is 9.43. The fourth-order valence-corrected chi connectivity index (χ4v) is 3.56. The Morgan fingerprint density at radius 1 is 1.23 bits per heavy atom. The van der Waals surface area contributed by atoms with Crippen molar-refractivity contribution in [2.24, 2.45) is 0 Å². The smallest absolute Gasteiger partial charge is 0.407 e. The number of carbonyl (C=O) groups is 2. The Bertz CT molecular complexity index is 933. The van der Waals surface area contributed by atoms with E-state index < -0.39 is 6.09 Å². The van der Waals surface area contributed by atoms with Crippen LogP contribution in [0.3, 0.4) is 0 Å². The van der Waals surface area contributed by atoms with Gasteiger partial charge in [0.2, 0.25) is 11.8 Å².